The van der Waals surface area contributed by atoms with E-state index in [2.05, 4.69) is 4.90 Å². The van der Waals surface area contributed by atoms with Gasteiger partial charge in [-0.2, -0.15) is 0 Å². The van der Waals surface area contributed by atoms with Crippen LogP contribution in [0.2, 0.25) is 5.02 Å². The summed E-state index contributed by atoms with van der Waals surface area (Å²) < 4.78 is 5.74. The summed E-state index contributed by atoms with van der Waals surface area (Å²) in [5, 5.41) is 0.532. The number of likely N-dealkylation sites (tertiary alicyclic amines) is 1. The molecule has 1 fully saturated rings. The number of carbonyl (C=O) groups is 1. The Bertz CT molecular complexity index is 515. The number of benzene rings is 1. The first-order valence-electron chi connectivity index (χ1n) is 7.87. The van der Waals surface area contributed by atoms with Crippen molar-refractivity contribution in [3.63, 3.8) is 0 Å². The lowest BCUT2D eigenvalue weighted by atomic mass is 10.2. The number of nitrogens with zero attached hydrogens (tertiary/aromatic N) is 2. The number of hydrogen-bond donors (Lipinski definition) is 0. The van der Waals surface area contributed by atoms with Gasteiger partial charge in [0, 0.05) is 20.1 Å². The molecular formula is C17H25ClN2O2. The van der Waals surface area contributed by atoms with E-state index in [4.69, 9.17) is 16.3 Å². The van der Waals surface area contributed by atoms with Gasteiger partial charge in [0.25, 0.3) is 5.91 Å². The molecule has 0 aromatic heterocycles. The van der Waals surface area contributed by atoms with Gasteiger partial charge in [-0.25, -0.2) is 0 Å². The van der Waals surface area contributed by atoms with Gasteiger partial charge in [0.1, 0.15) is 5.75 Å². The summed E-state index contributed by atoms with van der Waals surface area (Å²) in [6.07, 6.45) is 1.99. The van der Waals surface area contributed by atoms with E-state index in [1.54, 1.807) is 17.9 Å². The number of halogens is 1. The van der Waals surface area contributed by atoms with Crippen molar-refractivity contribution in [1.82, 2.24) is 9.80 Å². The summed E-state index contributed by atoms with van der Waals surface area (Å²) in [7, 11) is 1.83. The van der Waals surface area contributed by atoms with Crippen LogP contribution in [0.1, 0.15) is 25.3 Å². The van der Waals surface area contributed by atoms with Crippen LogP contribution in [0.4, 0.5) is 0 Å². The molecule has 22 heavy (non-hydrogen) atoms. The standard InChI is InChI=1S/C17H25ClN2O2/c1-13-6-7-15(18)16(12-13)22-14(2)17(21)19(3)10-11-20-8-4-5-9-20/h6-7,12,14H,4-5,8-11H2,1-3H3. The highest BCUT2D eigenvalue weighted by atomic mass is 35.5. The Morgan fingerprint density at radius 3 is 2.77 bits per heavy atom. The Morgan fingerprint density at radius 2 is 2.09 bits per heavy atom. The first-order chi connectivity index (χ1) is 10.5. The maximum atomic E-state index is 12.4. The largest absolute Gasteiger partial charge is 0.479 e. The number of aryl methyl sites for hydroxylation is 1. The molecule has 1 aliphatic rings. The zero-order valence-corrected chi connectivity index (χ0v) is 14.4. The summed E-state index contributed by atoms with van der Waals surface area (Å²) in [4.78, 5) is 16.5. The summed E-state index contributed by atoms with van der Waals surface area (Å²) >= 11 is 6.12. The summed E-state index contributed by atoms with van der Waals surface area (Å²) in [5.41, 5.74) is 1.06. The van der Waals surface area contributed by atoms with E-state index in [1.807, 2.05) is 26.1 Å². The third-order valence-electron chi connectivity index (χ3n) is 4.06. The second-order valence-corrected chi connectivity index (χ2v) is 6.41. The first-order valence-corrected chi connectivity index (χ1v) is 8.25. The lowest BCUT2D eigenvalue weighted by Gasteiger charge is -2.24. The molecule has 1 atom stereocenters. The number of rotatable bonds is 6. The number of hydrogen-bond acceptors (Lipinski definition) is 3. The molecule has 1 unspecified atom stereocenters. The third kappa shape index (κ3) is 4.62. The summed E-state index contributed by atoms with van der Waals surface area (Å²) in [6.45, 7) is 7.69. The summed E-state index contributed by atoms with van der Waals surface area (Å²) in [6, 6.07) is 5.57. The average Bonchev–Trinajstić information content (AvgIpc) is 3.01. The second-order valence-electron chi connectivity index (χ2n) is 6.00. The van der Waals surface area contributed by atoms with Crippen LogP contribution in [0.15, 0.2) is 18.2 Å². The molecule has 0 spiro atoms. The van der Waals surface area contributed by atoms with Crippen LogP contribution in [0, 0.1) is 6.92 Å². The van der Waals surface area contributed by atoms with Crippen LogP contribution >= 0.6 is 11.6 Å². The predicted octanol–water partition coefficient (Wildman–Crippen LogP) is 2.97. The van der Waals surface area contributed by atoms with Crippen LogP contribution in [0.5, 0.6) is 5.75 Å². The minimum Gasteiger partial charge on any atom is -0.479 e. The van der Waals surface area contributed by atoms with E-state index >= 15 is 0 Å². The van der Waals surface area contributed by atoms with Crippen molar-refractivity contribution in [3.8, 4) is 5.75 Å². The molecule has 1 heterocycles. The van der Waals surface area contributed by atoms with Gasteiger partial charge >= 0.3 is 0 Å². The quantitative estimate of drug-likeness (QED) is 0.806. The highest BCUT2D eigenvalue weighted by Crippen LogP contribution is 2.26. The molecule has 0 aliphatic carbocycles. The Hall–Kier alpha value is -1.26. The molecule has 1 amide bonds. The molecular weight excluding hydrogens is 300 g/mol. The van der Waals surface area contributed by atoms with Crippen LogP contribution < -0.4 is 4.74 Å². The van der Waals surface area contributed by atoms with E-state index in [9.17, 15) is 4.79 Å². The van der Waals surface area contributed by atoms with Crippen LogP contribution in [-0.4, -0.2) is 55.0 Å². The van der Waals surface area contributed by atoms with Crippen LogP contribution in [-0.2, 0) is 4.79 Å². The van der Waals surface area contributed by atoms with Gasteiger partial charge in [-0.15, -0.1) is 0 Å². The van der Waals surface area contributed by atoms with Crippen LogP contribution in [0.25, 0.3) is 0 Å². The highest BCUT2D eigenvalue weighted by molar-refractivity contribution is 6.32. The van der Waals surface area contributed by atoms with E-state index in [-0.39, 0.29) is 5.91 Å². The molecule has 1 aromatic carbocycles. The molecule has 0 N–H and O–H groups in total. The van der Waals surface area contributed by atoms with Gasteiger partial charge in [-0.05, 0) is 57.5 Å². The molecule has 0 bridgehead atoms. The number of carbonyl (C=O) groups excluding carboxylic acids is 1. The van der Waals surface area contributed by atoms with Crippen molar-refractivity contribution in [2.24, 2.45) is 0 Å². The fourth-order valence-corrected chi connectivity index (χ4v) is 2.82. The molecule has 122 valence electrons. The molecule has 1 aliphatic heterocycles. The Labute approximate surface area is 138 Å². The molecule has 5 heteroatoms. The maximum Gasteiger partial charge on any atom is 0.263 e. The van der Waals surface area contributed by atoms with Crippen molar-refractivity contribution >= 4 is 17.5 Å². The fourth-order valence-electron chi connectivity index (χ4n) is 2.66. The maximum absolute atomic E-state index is 12.4. The first kappa shape index (κ1) is 17.1. The molecule has 1 aromatic rings. The lowest BCUT2D eigenvalue weighted by Crippen LogP contribution is -2.41. The fraction of sp³-hybridized carbons (Fsp3) is 0.588. The van der Waals surface area contributed by atoms with E-state index in [0.29, 0.717) is 10.8 Å². The molecule has 0 saturated carbocycles. The number of ether oxygens (including phenoxy) is 1. The molecule has 0 radical (unpaired) electrons. The minimum atomic E-state index is -0.539. The topological polar surface area (TPSA) is 32.8 Å². The smallest absolute Gasteiger partial charge is 0.263 e. The Balaban J connectivity index is 1.86. The SMILES string of the molecule is Cc1ccc(Cl)c(OC(C)C(=O)N(C)CCN2CCCC2)c1. The van der Waals surface area contributed by atoms with Crippen molar-refractivity contribution in [3.05, 3.63) is 28.8 Å². The zero-order valence-electron chi connectivity index (χ0n) is 13.6. The zero-order chi connectivity index (χ0) is 16.1. The predicted molar refractivity (Wildman–Crippen MR) is 89.6 cm³/mol. The minimum absolute atomic E-state index is 0.0169. The van der Waals surface area contributed by atoms with E-state index in [1.165, 1.54) is 12.8 Å². The van der Waals surface area contributed by atoms with E-state index in [0.717, 1.165) is 31.7 Å². The van der Waals surface area contributed by atoms with Gasteiger partial charge in [0.05, 0.1) is 5.02 Å². The van der Waals surface area contributed by atoms with Crippen LogP contribution in [0.3, 0.4) is 0 Å². The van der Waals surface area contributed by atoms with Gasteiger partial charge < -0.3 is 14.5 Å². The number of amides is 1. The lowest BCUT2D eigenvalue weighted by molar-refractivity contribution is -0.136. The van der Waals surface area contributed by atoms with Gasteiger partial charge in [-0.1, -0.05) is 17.7 Å². The normalized spacial score (nSPS) is 16.5. The third-order valence-corrected chi connectivity index (χ3v) is 4.38. The average molecular weight is 325 g/mol. The number of likely N-dealkylation sites (N-methyl/N-ethyl adjacent to an activating group) is 1. The van der Waals surface area contributed by atoms with E-state index < -0.39 is 6.10 Å². The second kappa shape index (κ2) is 7.84. The van der Waals surface area contributed by atoms with Gasteiger partial charge in [0.15, 0.2) is 6.10 Å². The Morgan fingerprint density at radius 1 is 1.41 bits per heavy atom. The van der Waals surface area contributed by atoms with Crippen molar-refractivity contribution in [2.45, 2.75) is 32.8 Å². The van der Waals surface area contributed by atoms with Crippen molar-refractivity contribution in [1.29, 1.82) is 0 Å². The van der Waals surface area contributed by atoms with Crippen molar-refractivity contribution < 1.29 is 9.53 Å². The van der Waals surface area contributed by atoms with Gasteiger partial charge in [-0.3, -0.25) is 4.79 Å². The molecule has 1 saturated heterocycles. The highest BCUT2D eigenvalue weighted by Gasteiger charge is 2.21. The Kier molecular flexibility index (Phi) is 6.09. The van der Waals surface area contributed by atoms with Gasteiger partial charge in [0.2, 0.25) is 0 Å². The molecule has 2 rings (SSSR count). The summed E-state index contributed by atoms with van der Waals surface area (Å²) in [5.74, 6) is 0.548. The monoisotopic (exact) mass is 324 g/mol. The van der Waals surface area contributed by atoms with Crippen molar-refractivity contribution in [2.75, 3.05) is 33.2 Å². The molecule has 4 nitrogen and oxygen atoms in total.